The molecule has 0 saturated carbocycles. The highest BCUT2D eigenvalue weighted by molar-refractivity contribution is 7.26. The summed E-state index contributed by atoms with van der Waals surface area (Å²) in [6.45, 7) is 2.09. The zero-order valence-corrected chi connectivity index (χ0v) is 31.4. The van der Waals surface area contributed by atoms with E-state index >= 15 is 0 Å². The SMILES string of the molecule is Cc1cc2c3c(c1)Oc1cc(-c4cc5c6c(c4)[Si](c4ccccc4)(c4ccccc4)c4ccccc4B6c4ccccc4O5)cc4c1B3c1c(cccc1O4)O2. The van der Waals surface area contributed by atoms with Gasteiger partial charge in [0.15, 0.2) is 8.07 Å². The van der Waals surface area contributed by atoms with Crippen LogP contribution in [0.5, 0.6) is 46.0 Å². The zero-order valence-electron chi connectivity index (χ0n) is 30.4. The van der Waals surface area contributed by atoms with E-state index in [9.17, 15) is 0 Å². The fourth-order valence-electron chi connectivity index (χ4n) is 10.5. The number of hydrogen-bond donors (Lipinski definition) is 0. The van der Waals surface area contributed by atoms with Gasteiger partial charge in [-0.1, -0.05) is 121 Å². The third-order valence-electron chi connectivity index (χ3n) is 12.6. The number of fused-ring (bicyclic) bond motifs is 4. The molecule has 0 saturated heterocycles. The third-order valence-corrected chi connectivity index (χ3v) is 17.5. The lowest BCUT2D eigenvalue weighted by Crippen LogP contribution is -2.87. The molecule has 13 rings (SSSR count). The van der Waals surface area contributed by atoms with Gasteiger partial charge in [0.2, 0.25) is 0 Å². The topological polar surface area (TPSA) is 36.9 Å². The van der Waals surface area contributed by atoms with Gasteiger partial charge in [0.1, 0.15) is 46.0 Å². The van der Waals surface area contributed by atoms with Crippen LogP contribution in [0.3, 0.4) is 0 Å². The molecule has 0 aromatic heterocycles. The van der Waals surface area contributed by atoms with E-state index < -0.39 is 8.07 Å². The highest BCUT2D eigenvalue weighted by atomic mass is 28.3. The number of ether oxygens (including phenoxy) is 4. The highest BCUT2D eigenvalue weighted by Gasteiger charge is 2.53. The van der Waals surface area contributed by atoms with Crippen LogP contribution < -0.4 is 72.5 Å². The Hall–Kier alpha value is -6.69. The first-order valence-electron chi connectivity index (χ1n) is 19.3. The second-order valence-corrected chi connectivity index (χ2v) is 19.3. The van der Waals surface area contributed by atoms with Crippen molar-refractivity contribution < 1.29 is 18.9 Å². The summed E-state index contributed by atoms with van der Waals surface area (Å²) < 4.78 is 27.2. The lowest BCUT2D eigenvalue weighted by Gasteiger charge is -2.45. The molecular weight excluding hydrogens is 702 g/mol. The maximum atomic E-state index is 7.04. The van der Waals surface area contributed by atoms with Gasteiger partial charge in [0.25, 0.3) is 13.4 Å². The summed E-state index contributed by atoms with van der Waals surface area (Å²) in [6, 6.07) is 59.6. The quantitative estimate of drug-likeness (QED) is 0.245. The van der Waals surface area contributed by atoms with Crippen molar-refractivity contribution in [3.8, 4) is 57.1 Å². The van der Waals surface area contributed by atoms with Gasteiger partial charge in [-0.05, 0) is 104 Å². The Bertz CT molecular complexity index is 2980. The van der Waals surface area contributed by atoms with Crippen LogP contribution in [0, 0.1) is 6.92 Å². The minimum absolute atomic E-state index is 0.0350. The van der Waals surface area contributed by atoms with Crippen LogP contribution in [-0.4, -0.2) is 21.5 Å². The van der Waals surface area contributed by atoms with Crippen molar-refractivity contribution in [2.75, 3.05) is 0 Å². The number of aryl methyl sites for hydroxylation is 1. The van der Waals surface area contributed by atoms with Crippen molar-refractivity contribution in [3.63, 3.8) is 0 Å². The smallest absolute Gasteiger partial charge is 0.270 e. The van der Waals surface area contributed by atoms with Crippen LogP contribution in [-0.2, 0) is 0 Å². The molecule has 0 N–H and O–H groups in total. The van der Waals surface area contributed by atoms with Gasteiger partial charge in [-0.2, -0.15) is 0 Å². The van der Waals surface area contributed by atoms with Crippen molar-refractivity contribution in [1.29, 1.82) is 0 Å². The lowest BCUT2D eigenvalue weighted by molar-refractivity contribution is 0.442. The Morgan fingerprint density at radius 3 is 1.48 bits per heavy atom. The minimum Gasteiger partial charge on any atom is -0.458 e. The summed E-state index contributed by atoms with van der Waals surface area (Å²) in [5.41, 5.74) is 10.2. The molecule has 0 bridgehead atoms. The van der Waals surface area contributed by atoms with E-state index in [0.29, 0.717) is 0 Å². The van der Waals surface area contributed by atoms with Crippen molar-refractivity contribution in [3.05, 3.63) is 169 Å². The molecule has 8 aromatic carbocycles. The van der Waals surface area contributed by atoms with E-state index in [0.717, 1.165) is 79.1 Å². The van der Waals surface area contributed by atoms with Crippen LogP contribution >= 0.6 is 0 Å². The van der Waals surface area contributed by atoms with Gasteiger partial charge in [0.05, 0.1) is 0 Å². The molecule has 0 spiro atoms. The standard InChI is InChI=1S/C49H30B2O4Si/c1-29-23-39-47-40(24-29)55-42-26-30(25-41-48(42)51(47)46-37(53-39)20-12-21-38(46)54-41)31-27-43-49-45(28-31)56(32-13-4-2-5-14-32,33-15-6-3-7-16-33)44-22-11-9-18-35(44)50(49)34-17-8-10-19-36(34)52-43/h2-28H,1H3. The molecule has 5 aliphatic rings. The van der Waals surface area contributed by atoms with Crippen molar-refractivity contribution in [2.24, 2.45) is 0 Å². The van der Waals surface area contributed by atoms with Crippen molar-refractivity contribution in [1.82, 2.24) is 0 Å². The third kappa shape index (κ3) is 3.90. The maximum Gasteiger partial charge on any atom is 0.270 e. The summed E-state index contributed by atoms with van der Waals surface area (Å²) in [4.78, 5) is 0. The molecule has 0 atom stereocenters. The first kappa shape index (κ1) is 30.6. The molecule has 0 radical (unpaired) electrons. The Balaban J connectivity index is 1.11. The van der Waals surface area contributed by atoms with Gasteiger partial charge in [-0.3, -0.25) is 0 Å². The van der Waals surface area contributed by atoms with Crippen LogP contribution in [0.25, 0.3) is 11.1 Å². The Morgan fingerprint density at radius 1 is 0.357 bits per heavy atom. The largest absolute Gasteiger partial charge is 0.458 e. The van der Waals surface area contributed by atoms with Crippen molar-refractivity contribution in [2.45, 2.75) is 6.92 Å². The first-order valence-corrected chi connectivity index (χ1v) is 21.3. The molecule has 8 aromatic rings. The van der Waals surface area contributed by atoms with E-state index in [4.69, 9.17) is 18.9 Å². The van der Waals surface area contributed by atoms with Crippen LogP contribution in [0.15, 0.2) is 164 Å². The molecule has 0 amide bonds. The molecule has 7 heteroatoms. The molecule has 0 fully saturated rings. The van der Waals surface area contributed by atoms with E-state index in [2.05, 4.69) is 159 Å². The second kappa shape index (κ2) is 11.0. The molecule has 0 aliphatic carbocycles. The summed E-state index contributed by atoms with van der Waals surface area (Å²) in [5, 5.41) is 5.45. The normalized spacial score (nSPS) is 14.8. The Labute approximate surface area is 326 Å². The van der Waals surface area contributed by atoms with Gasteiger partial charge >= 0.3 is 0 Å². The molecule has 56 heavy (non-hydrogen) atoms. The number of hydrogen-bond acceptors (Lipinski definition) is 4. The van der Waals surface area contributed by atoms with E-state index in [1.165, 1.54) is 37.1 Å². The van der Waals surface area contributed by atoms with E-state index in [1.54, 1.807) is 0 Å². The molecular formula is C49H30B2O4Si. The minimum atomic E-state index is -2.93. The monoisotopic (exact) mass is 732 g/mol. The molecule has 5 heterocycles. The Morgan fingerprint density at radius 2 is 0.821 bits per heavy atom. The summed E-state index contributed by atoms with van der Waals surface area (Å²) in [6.07, 6.45) is 0. The summed E-state index contributed by atoms with van der Waals surface area (Å²) in [7, 11) is -2.93. The summed E-state index contributed by atoms with van der Waals surface area (Å²) >= 11 is 0. The van der Waals surface area contributed by atoms with Crippen LogP contribution in [0.1, 0.15) is 5.56 Å². The molecule has 260 valence electrons. The van der Waals surface area contributed by atoms with Crippen LogP contribution in [0.2, 0.25) is 0 Å². The highest BCUT2D eigenvalue weighted by Crippen LogP contribution is 2.44. The zero-order chi connectivity index (χ0) is 36.7. The average Bonchev–Trinajstić information content (AvgIpc) is 3.24. The van der Waals surface area contributed by atoms with Crippen LogP contribution in [0.4, 0.5) is 0 Å². The van der Waals surface area contributed by atoms with Gasteiger partial charge in [-0.25, -0.2) is 0 Å². The maximum absolute atomic E-state index is 7.04. The first-order chi connectivity index (χ1) is 27.6. The summed E-state index contributed by atoms with van der Waals surface area (Å²) in [5.74, 6) is 6.76. The number of benzene rings is 8. The fourth-order valence-corrected chi connectivity index (χ4v) is 15.8. The Kier molecular flexibility index (Phi) is 5.99. The second-order valence-electron chi connectivity index (χ2n) is 15.5. The fraction of sp³-hybridized carbons (Fsp3) is 0.0204. The number of rotatable bonds is 3. The average molecular weight is 732 g/mol. The molecule has 0 unspecified atom stereocenters. The lowest BCUT2D eigenvalue weighted by atomic mass is 9.34. The van der Waals surface area contributed by atoms with E-state index in [1.807, 2.05) is 12.1 Å². The molecule has 5 aliphatic heterocycles. The predicted molar refractivity (Wildman–Crippen MR) is 229 cm³/mol. The van der Waals surface area contributed by atoms with Gasteiger partial charge in [-0.15, -0.1) is 0 Å². The molecule has 4 nitrogen and oxygen atoms in total. The predicted octanol–water partition coefficient (Wildman–Crippen LogP) is 4.81. The van der Waals surface area contributed by atoms with Crippen molar-refractivity contribution >= 4 is 75.0 Å². The van der Waals surface area contributed by atoms with Gasteiger partial charge < -0.3 is 18.9 Å². The van der Waals surface area contributed by atoms with Gasteiger partial charge in [0, 0.05) is 16.4 Å². The van der Waals surface area contributed by atoms with E-state index in [-0.39, 0.29) is 13.4 Å². The number of para-hydroxylation sites is 1.